The topological polar surface area (TPSA) is 107 Å². The van der Waals surface area contributed by atoms with Crippen molar-refractivity contribution in [2.24, 2.45) is 23.7 Å². The van der Waals surface area contributed by atoms with Crippen molar-refractivity contribution in [3.05, 3.63) is 306 Å². The van der Waals surface area contributed by atoms with Crippen LogP contribution in [-0.4, -0.2) is 77.7 Å². The summed E-state index contributed by atoms with van der Waals surface area (Å²) in [6, 6.07) is 82.0. The van der Waals surface area contributed by atoms with Gasteiger partial charge in [0, 0.05) is 29.6 Å². The normalized spacial score (nSPS) is 10.7. The van der Waals surface area contributed by atoms with Gasteiger partial charge in [-0.3, -0.25) is 9.59 Å². The van der Waals surface area contributed by atoms with Crippen LogP contribution in [0.4, 0.5) is 17.6 Å². The Labute approximate surface area is 714 Å². The van der Waals surface area contributed by atoms with Crippen LogP contribution < -0.4 is 67.8 Å². The van der Waals surface area contributed by atoms with Gasteiger partial charge in [0.2, 0.25) is 5.02 Å². The standard InChI is InChI=1S/C22H21O2P.C22H24P.C13H17FO2.C12H17FO.C12H15FO.C8H7FO2.C2H4Cl2O.BrH.4ClH.Ti/c1-2-24-22(23)18-25(19-12-6-3-7-13-19,20-14-8-4-9-15-20)21-16-10-5-11-17-21;1-19(2)18-23(20-12-6-3-7-13-20,21-14-8-4-9-15-21)22-16-10-5-11-17-22;1-9(2)4-6-11-10(8-15)5-7-12(16-3)13(11)14;2*1-9(2)7-8-10-5-4-6-11(14-3)12(10)13;1-11-7-4-2-3-6(5-10)8(7)9;1-5-2(3)4;;;;;;/h3-18H,2H2,1H3;3-17,19H,18H2,1-2H3;5,7-9H,4,6H2,1-3H3;4-6,9H,7-8H2,1-3H3;4-9H,1-3H3;2-5H,1H3;2H,1H3;5*1H;/q;+1;;;;;;;;;;;+4/p-5/b;;;;8-7+;;;;;;;;. The van der Waals surface area contributed by atoms with E-state index in [0.29, 0.717) is 71.7 Å². The van der Waals surface area contributed by atoms with Crippen molar-refractivity contribution in [2.45, 2.75) is 93.0 Å². The molecule has 0 aliphatic heterocycles. The molecular formula is C91H105BrCl6F4O9P2Ti. The number of aryl methyl sites for hydroxylation is 1. The Balaban J connectivity index is 0.000000461. The molecule has 0 fully saturated rings. The van der Waals surface area contributed by atoms with Gasteiger partial charge in [-0.15, -0.1) is 0 Å². The molecule has 23 heteroatoms. The van der Waals surface area contributed by atoms with Crippen molar-refractivity contribution < 1.29 is 89.7 Å². The number of rotatable bonds is 25. The molecule has 0 bridgehead atoms. The van der Waals surface area contributed by atoms with E-state index in [1.54, 1.807) is 48.3 Å². The summed E-state index contributed by atoms with van der Waals surface area (Å²) in [5, 5.41) is 7.18. The van der Waals surface area contributed by atoms with Gasteiger partial charge in [0.15, 0.2) is 52.6 Å². The van der Waals surface area contributed by atoms with Gasteiger partial charge in [-0.1, -0.05) is 267 Å². The van der Waals surface area contributed by atoms with Gasteiger partial charge in [0.1, 0.15) is 29.5 Å². The van der Waals surface area contributed by atoms with E-state index in [1.165, 1.54) is 75.8 Å². The molecule has 114 heavy (non-hydrogen) atoms. The fraction of sp³-hybridized carbons (Fsp3) is 0.275. The second kappa shape index (κ2) is 56.6. The zero-order chi connectivity index (χ0) is 83.9. The van der Waals surface area contributed by atoms with Crippen molar-refractivity contribution in [3.8, 4) is 23.0 Å². The van der Waals surface area contributed by atoms with Crippen LogP contribution in [0.2, 0.25) is 0 Å². The molecule has 0 saturated heterocycles. The van der Waals surface area contributed by atoms with Crippen LogP contribution in [0.3, 0.4) is 0 Å². The molecule has 0 heterocycles. The van der Waals surface area contributed by atoms with Crippen LogP contribution in [0.25, 0.3) is 6.08 Å². The average Bonchev–Trinajstić information content (AvgIpc) is 0.759. The quantitative estimate of drug-likeness (QED) is 0.0138. The molecule has 0 aromatic heterocycles. The van der Waals surface area contributed by atoms with Gasteiger partial charge in [-0.05, 0) is 157 Å². The Kier molecular flexibility index (Phi) is 51.3. The van der Waals surface area contributed by atoms with Gasteiger partial charge in [0.25, 0.3) is 0 Å². The van der Waals surface area contributed by atoms with Gasteiger partial charge in [-0.2, -0.15) is 0 Å². The molecule has 0 spiro atoms. The number of alkyl halides is 2. The summed E-state index contributed by atoms with van der Waals surface area (Å²) >= 11 is 6.90. The van der Waals surface area contributed by atoms with Crippen LogP contribution in [0.15, 0.2) is 255 Å². The number of ether oxygens (including phenoxy) is 6. The number of benzene rings is 10. The van der Waals surface area contributed by atoms with Crippen molar-refractivity contribution in [3.63, 3.8) is 0 Å². The number of aldehydes is 2. The number of halogens is 11. The van der Waals surface area contributed by atoms with Crippen molar-refractivity contribution in [2.75, 3.05) is 48.3 Å². The first-order valence-corrected chi connectivity index (χ1v) is 49.9. The number of allylic oxidation sites excluding steroid dienone is 1. The van der Waals surface area contributed by atoms with Crippen molar-refractivity contribution >= 4 is 137 Å². The number of hydrogen-bond donors (Lipinski definition) is 0. The Morgan fingerprint density at radius 3 is 1.12 bits per heavy atom. The molecule has 0 unspecified atom stereocenters. The Morgan fingerprint density at radius 2 is 0.781 bits per heavy atom. The summed E-state index contributed by atoms with van der Waals surface area (Å²) in [5.74, 6) is 3.06. The zero-order valence-corrected chi connectivity index (χ0v) is 76.4. The van der Waals surface area contributed by atoms with E-state index in [1.807, 2.05) is 79.7 Å². The van der Waals surface area contributed by atoms with E-state index in [9.17, 15) is 31.9 Å². The third kappa shape index (κ3) is 36.0. The predicted molar refractivity (Wildman–Crippen MR) is 471 cm³/mol. The third-order valence-electron chi connectivity index (χ3n) is 16.5. The number of hydrogen-bond acceptors (Lipinski definition) is 9. The zero-order valence-electron chi connectivity index (χ0n) is 66.9. The molecular weight excluding hydrogens is 1720 g/mol. The maximum absolute atomic E-state index is 13.9. The molecule has 10 aromatic carbocycles. The van der Waals surface area contributed by atoms with Crippen LogP contribution >= 0.6 is 74.6 Å². The van der Waals surface area contributed by atoms with Gasteiger partial charge in [-0.25, -0.2) is 22.4 Å². The van der Waals surface area contributed by atoms with Crippen LogP contribution in [-0.2, 0) is 39.5 Å². The summed E-state index contributed by atoms with van der Waals surface area (Å²) in [6.45, 7) is 17.1. The minimum atomic E-state index is -3.11. The number of carbonyl (C=O) groups is 3. The SMILES string of the molecule is CC(C)C[P+](c1ccccc1)(c1ccccc1)c1ccccc1.CCOC(=O)C=P(c1ccccc1)(c1ccccc1)c1ccccc1.COC(Cl)Cl.COc1ccc(C=O)c(CCC(C)C)c1F.COc1cccc(/C=C/C(C)C)c1F.COc1cccc(C=O)c1F.COc1cccc(CCC(C)C)c1F.[Br-].[Cl][Ti]([Cl])([Cl])[Cl]. The molecule has 10 rings (SSSR count). The van der Waals surface area contributed by atoms with E-state index >= 15 is 0 Å². The van der Waals surface area contributed by atoms with Crippen molar-refractivity contribution in [1.29, 1.82) is 0 Å². The van der Waals surface area contributed by atoms with Gasteiger partial charge in [0.05, 0.1) is 46.8 Å². The summed E-state index contributed by atoms with van der Waals surface area (Å²) < 4.78 is 82.9. The van der Waals surface area contributed by atoms with Crippen LogP contribution in [0.1, 0.15) is 113 Å². The number of esters is 1. The summed E-state index contributed by atoms with van der Waals surface area (Å²) in [4.78, 5) is 33.5. The van der Waals surface area contributed by atoms with E-state index in [0.717, 1.165) is 40.7 Å². The monoisotopic (exact) mass is 1820 g/mol. The second-order valence-corrected chi connectivity index (χ2v) is 49.7. The summed E-state index contributed by atoms with van der Waals surface area (Å²) in [6.07, 6.45) is 9.28. The first kappa shape index (κ1) is 103. The fourth-order valence-corrected chi connectivity index (χ4v) is 19.5. The Morgan fingerprint density at radius 1 is 0.439 bits per heavy atom. The molecule has 0 aliphatic carbocycles. The van der Waals surface area contributed by atoms with Gasteiger partial charge >= 0.3 is 55.5 Å². The summed E-state index contributed by atoms with van der Waals surface area (Å²) in [7, 11) is 25.6. The number of methoxy groups -OCH3 is 5. The molecule has 0 N–H and O–H groups in total. The van der Waals surface area contributed by atoms with E-state index in [-0.39, 0.29) is 57.4 Å². The molecule has 0 amide bonds. The Bertz CT molecular complexity index is 4240. The van der Waals surface area contributed by atoms with Crippen LogP contribution in [0, 0.1) is 46.9 Å². The number of carbonyl (C=O) groups excluding carboxylic acids is 3. The molecule has 0 radical (unpaired) electrons. The molecule has 0 atom stereocenters. The molecule has 614 valence electrons. The first-order valence-electron chi connectivity index (χ1n) is 36.6. The van der Waals surface area contributed by atoms with E-state index in [2.05, 4.69) is 192 Å². The first-order chi connectivity index (χ1) is 54.0. The predicted octanol–water partition coefficient (Wildman–Crippen LogP) is 20.9. The van der Waals surface area contributed by atoms with Gasteiger partial charge < -0.3 is 45.4 Å². The molecule has 0 saturated carbocycles. The molecule has 10 aromatic rings. The van der Waals surface area contributed by atoms with Crippen LogP contribution in [0.5, 0.6) is 23.0 Å². The molecule has 9 nitrogen and oxygen atoms in total. The van der Waals surface area contributed by atoms with E-state index < -0.39 is 43.2 Å². The Hall–Kier alpha value is -6.71. The fourth-order valence-electron chi connectivity index (χ4n) is 11.2. The van der Waals surface area contributed by atoms with E-state index in [4.69, 9.17) is 79.4 Å². The second-order valence-electron chi connectivity index (χ2n) is 26.4. The minimum absolute atomic E-state index is 0. The maximum atomic E-state index is 13.9. The third-order valence-corrected chi connectivity index (χ3v) is 25.6. The molecule has 0 aliphatic rings. The van der Waals surface area contributed by atoms with Crippen molar-refractivity contribution in [1.82, 2.24) is 0 Å². The summed E-state index contributed by atoms with van der Waals surface area (Å²) in [5.41, 5.74) is 2.21. The average molecular weight is 1820 g/mol.